The monoisotopic (exact) mass is 385 g/mol. The molecular formula is C19H33N2O4S+. The van der Waals surface area contributed by atoms with E-state index in [0.29, 0.717) is 16.9 Å². The summed E-state index contributed by atoms with van der Waals surface area (Å²) in [6.45, 7) is 16.2. The van der Waals surface area contributed by atoms with Crippen LogP contribution in [0.1, 0.15) is 54.4 Å². The van der Waals surface area contributed by atoms with Crippen LogP contribution in [-0.4, -0.2) is 57.6 Å². The highest BCUT2D eigenvalue weighted by Gasteiger charge is 2.46. The number of quaternary nitrogens is 1. The first-order valence-corrected chi connectivity index (χ1v) is 10.1. The first kappa shape index (κ1) is 22.7. The van der Waals surface area contributed by atoms with Crippen LogP contribution in [0.5, 0.6) is 0 Å². The Balaban J connectivity index is 3.08. The van der Waals surface area contributed by atoms with Crippen molar-refractivity contribution in [2.45, 2.75) is 60.0 Å². The van der Waals surface area contributed by atoms with Crippen molar-refractivity contribution in [3.8, 4) is 0 Å². The van der Waals surface area contributed by atoms with Crippen molar-refractivity contribution in [3.63, 3.8) is 0 Å². The minimum atomic E-state index is -0.610. The molecule has 1 saturated heterocycles. The molecule has 1 rings (SSSR count). The summed E-state index contributed by atoms with van der Waals surface area (Å²) in [6.07, 6.45) is 1.77. The zero-order chi connectivity index (χ0) is 20.1. The number of amides is 1. The van der Waals surface area contributed by atoms with Crippen LogP contribution in [0.3, 0.4) is 0 Å². The highest BCUT2D eigenvalue weighted by molar-refractivity contribution is 8.13. The van der Waals surface area contributed by atoms with Gasteiger partial charge in [-0.3, -0.25) is 9.59 Å². The fourth-order valence-electron chi connectivity index (χ4n) is 3.22. The average Bonchev–Trinajstić information content (AvgIpc) is 2.89. The van der Waals surface area contributed by atoms with E-state index in [1.165, 1.54) is 6.92 Å². The van der Waals surface area contributed by atoms with Crippen LogP contribution in [0.4, 0.5) is 0 Å². The molecule has 0 saturated carbocycles. The first-order valence-electron chi connectivity index (χ1n) is 9.15. The van der Waals surface area contributed by atoms with Crippen LogP contribution >= 0.6 is 11.8 Å². The number of esters is 1. The first-order chi connectivity index (χ1) is 11.9. The Hall–Kier alpha value is -1.34. The van der Waals surface area contributed by atoms with E-state index in [-0.39, 0.29) is 23.5 Å². The van der Waals surface area contributed by atoms with E-state index in [1.54, 1.807) is 11.9 Å². The lowest BCUT2D eigenvalue weighted by Crippen LogP contribution is -2.62. The van der Waals surface area contributed by atoms with Gasteiger partial charge in [0, 0.05) is 31.4 Å². The number of hydrogen-bond acceptors (Lipinski definition) is 5. The number of carbonyl (C=O) groups is 3. The number of thioether (sulfide) groups is 1. The summed E-state index contributed by atoms with van der Waals surface area (Å²) in [5.74, 6) is -0.548. The Labute approximate surface area is 161 Å². The molecule has 1 amide bonds. The van der Waals surface area contributed by atoms with E-state index in [1.807, 2.05) is 27.7 Å². The second kappa shape index (κ2) is 9.04. The number of allylic oxidation sites excluding steroid dienone is 1. The molecule has 0 aromatic carbocycles. The van der Waals surface area contributed by atoms with Crippen LogP contribution in [-0.2, 0) is 19.1 Å². The summed E-state index contributed by atoms with van der Waals surface area (Å²) in [5.41, 5.74) is 0.330. The Kier molecular flexibility index (Phi) is 7.89. The van der Waals surface area contributed by atoms with Crippen LogP contribution in [0.15, 0.2) is 12.3 Å². The summed E-state index contributed by atoms with van der Waals surface area (Å²) >= 11 is 1.13. The van der Waals surface area contributed by atoms with Crippen LogP contribution in [0.2, 0.25) is 0 Å². The van der Waals surface area contributed by atoms with Gasteiger partial charge in [0.05, 0.1) is 0 Å². The molecule has 1 heterocycles. The van der Waals surface area contributed by atoms with Gasteiger partial charge in [-0.2, -0.15) is 9.60 Å². The van der Waals surface area contributed by atoms with Crippen molar-refractivity contribution in [2.24, 2.45) is 5.92 Å². The number of carbonyl (C=O) groups excluding carboxylic acids is 3. The maximum Gasteiger partial charge on any atom is 0.331 e. The largest absolute Gasteiger partial charge is 0.458 e. The molecule has 1 fully saturated rings. The van der Waals surface area contributed by atoms with Crippen molar-refractivity contribution in [1.82, 2.24) is 5.01 Å². The number of rotatable bonds is 7. The molecule has 7 heteroatoms. The topological polar surface area (TPSA) is 63.7 Å². The Bertz CT molecular complexity index is 570. The maximum atomic E-state index is 13.2. The second-order valence-corrected chi connectivity index (χ2v) is 9.02. The highest BCUT2D eigenvalue weighted by Crippen LogP contribution is 2.33. The molecule has 0 radical (unpaired) electrons. The van der Waals surface area contributed by atoms with E-state index < -0.39 is 11.6 Å². The minimum absolute atomic E-state index is 0.0201. The number of nitrogens with zero attached hydrogens (tertiary/aromatic N) is 2. The molecule has 26 heavy (non-hydrogen) atoms. The van der Waals surface area contributed by atoms with Crippen molar-refractivity contribution >= 4 is 28.8 Å². The minimum Gasteiger partial charge on any atom is -0.458 e. The molecule has 0 spiro atoms. The van der Waals surface area contributed by atoms with Crippen LogP contribution < -0.4 is 0 Å². The lowest BCUT2D eigenvalue weighted by atomic mass is 10.2. The summed E-state index contributed by atoms with van der Waals surface area (Å²) < 4.78 is 5.75. The van der Waals surface area contributed by atoms with E-state index in [2.05, 4.69) is 6.58 Å². The fraction of sp³-hybridized carbons (Fsp3) is 0.737. The molecule has 1 aliphatic heterocycles. The van der Waals surface area contributed by atoms with Gasteiger partial charge in [-0.1, -0.05) is 18.7 Å². The molecule has 148 valence electrons. The van der Waals surface area contributed by atoms with Gasteiger partial charge in [0.15, 0.2) is 11.7 Å². The molecule has 0 aromatic rings. The summed E-state index contributed by atoms with van der Waals surface area (Å²) in [5, 5.41) is 1.59. The Morgan fingerprint density at radius 1 is 1.35 bits per heavy atom. The molecule has 2 atom stereocenters. The second-order valence-electron chi connectivity index (χ2n) is 7.82. The molecule has 1 aliphatic rings. The van der Waals surface area contributed by atoms with E-state index in [0.717, 1.165) is 36.8 Å². The van der Waals surface area contributed by atoms with Gasteiger partial charge in [0.1, 0.15) is 24.4 Å². The van der Waals surface area contributed by atoms with Gasteiger partial charge in [0.25, 0.3) is 5.91 Å². The lowest BCUT2D eigenvalue weighted by Gasteiger charge is -2.43. The van der Waals surface area contributed by atoms with Crippen molar-refractivity contribution in [3.05, 3.63) is 12.3 Å². The number of hydrogen-bond donors (Lipinski definition) is 0. The van der Waals surface area contributed by atoms with Gasteiger partial charge < -0.3 is 4.74 Å². The molecule has 0 bridgehead atoms. The third-order valence-corrected chi connectivity index (χ3v) is 5.55. The zero-order valence-electron chi connectivity index (χ0n) is 17.0. The Morgan fingerprint density at radius 2 is 1.96 bits per heavy atom. The number of ether oxygens (including phenoxy) is 1. The normalized spacial score (nSPS) is 21.4. The van der Waals surface area contributed by atoms with Gasteiger partial charge >= 0.3 is 5.97 Å². The molecule has 6 nitrogen and oxygen atoms in total. The van der Waals surface area contributed by atoms with Crippen molar-refractivity contribution < 1.29 is 23.7 Å². The van der Waals surface area contributed by atoms with Crippen LogP contribution in [0.25, 0.3) is 0 Å². The maximum absolute atomic E-state index is 13.2. The molecule has 0 N–H and O–H groups in total. The predicted octanol–water partition coefficient (Wildman–Crippen LogP) is 3.13. The van der Waals surface area contributed by atoms with E-state index >= 15 is 0 Å². The summed E-state index contributed by atoms with van der Waals surface area (Å²) in [4.78, 5) is 36.9. The summed E-state index contributed by atoms with van der Waals surface area (Å²) in [7, 11) is 0. The summed E-state index contributed by atoms with van der Waals surface area (Å²) in [6, 6.07) is 0. The van der Waals surface area contributed by atoms with Crippen LogP contribution in [0, 0.1) is 5.92 Å². The fourth-order valence-corrected chi connectivity index (χ4v) is 3.85. The van der Waals surface area contributed by atoms with Gasteiger partial charge in [-0.05, 0) is 34.3 Å². The predicted molar refractivity (Wildman–Crippen MR) is 104 cm³/mol. The molecule has 0 aliphatic carbocycles. The Morgan fingerprint density at radius 3 is 2.38 bits per heavy atom. The number of likely N-dealkylation sites (tertiary alicyclic amines) is 1. The standard InChI is InChI=1S/C19H33N2O4S/c1-8-21(11-9-10-15(21)3)20(12-17(23)25-19(5,6)7)18(24)14(2)13-26-16(4)22/h14H,3,8-13H2,1-2,4-7H3/q+1. The van der Waals surface area contributed by atoms with E-state index in [9.17, 15) is 14.4 Å². The molecule has 0 aromatic heterocycles. The van der Waals surface area contributed by atoms with E-state index in [4.69, 9.17) is 4.74 Å². The van der Waals surface area contributed by atoms with Gasteiger partial charge in [0.2, 0.25) is 0 Å². The molecular weight excluding hydrogens is 352 g/mol. The zero-order valence-corrected chi connectivity index (χ0v) is 17.8. The van der Waals surface area contributed by atoms with Gasteiger partial charge in [-0.25, -0.2) is 4.79 Å². The SMILES string of the molecule is C=C1CCC[N+]1(CC)N(CC(=O)OC(C)(C)C)C(=O)C(C)CSC(C)=O. The van der Waals surface area contributed by atoms with Gasteiger partial charge in [-0.15, -0.1) is 0 Å². The van der Waals surface area contributed by atoms with Crippen molar-refractivity contribution in [2.75, 3.05) is 25.4 Å². The third kappa shape index (κ3) is 5.84. The van der Waals surface area contributed by atoms with Crippen molar-refractivity contribution in [1.29, 1.82) is 0 Å². The lowest BCUT2D eigenvalue weighted by molar-refractivity contribution is -0.981. The quantitative estimate of drug-likeness (QED) is 0.498. The third-order valence-electron chi connectivity index (χ3n) is 4.48. The smallest absolute Gasteiger partial charge is 0.331 e. The average molecular weight is 386 g/mol. The highest BCUT2D eigenvalue weighted by atomic mass is 32.2. The molecule has 2 unspecified atom stereocenters.